The van der Waals surface area contributed by atoms with Gasteiger partial charge in [-0.25, -0.2) is 0 Å². The maximum Gasteiger partial charge on any atom is 0.0434 e. The Bertz CT molecular complexity index is 227. The molecule has 1 nitrogen and oxygen atoms in total. The van der Waals surface area contributed by atoms with Gasteiger partial charge in [0, 0.05) is 16.4 Å². The molecule has 0 aliphatic rings. The van der Waals surface area contributed by atoms with Crippen LogP contribution in [-0.4, -0.2) is 11.7 Å². The minimum Gasteiger partial charge on any atom is -0.396 e. The van der Waals surface area contributed by atoms with Crippen molar-refractivity contribution in [2.45, 2.75) is 26.7 Å². The van der Waals surface area contributed by atoms with Crippen molar-refractivity contribution in [3.8, 4) is 0 Å². The molecule has 1 heterocycles. The smallest absolute Gasteiger partial charge is 0.0434 e. The van der Waals surface area contributed by atoms with E-state index in [0.29, 0.717) is 6.61 Å². The molecule has 0 spiro atoms. The highest BCUT2D eigenvalue weighted by molar-refractivity contribution is 7.12. The SMILES string of the molecule is Cc1cc(CCCO)c(C)s1. The third-order valence-electron chi connectivity index (χ3n) is 1.75. The number of aryl methyl sites for hydroxylation is 3. The molecule has 0 amide bonds. The van der Waals surface area contributed by atoms with E-state index in [1.165, 1.54) is 15.3 Å². The van der Waals surface area contributed by atoms with Crippen LogP contribution in [0.25, 0.3) is 0 Å². The predicted octanol–water partition coefficient (Wildman–Crippen LogP) is 2.29. The highest BCUT2D eigenvalue weighted by Crippen LogP contribution is 2.21. The van der Waals surface area contributed by atoms with Crippen molar-refractivity contribution < 1.29 is 5.11 Å². The average Bonchev–Trinajstić information content (AvgIpc) is 2.26. The first-order valence-corrected chi connectivity index (χ1v) is 4.72. The molecular weight excluding hydrogens is 156 g/mol. The lowest BCUT2D eigenvalue weighted by atomic mass is 10.1. The van der Waals surface area contributed by atoms with Crippen LogP contribution in [-0.2, 0) is 6.42 Å². The standard InChI is InChI=1S/C9H14OS/c1-7-6-9(4-3-5-10)8(2)11-7/h6,10H,3-5H2,1-2H3. The third kappa shape index (κ3) is 2.31. The summed E-state index contributed by atoms with van der Waals surface area (Å²) < 4.78 is 0. The summed E-state index contributed by atoms with van der Waals surface area (Å²) in [5.74, 6) is 0. The number of hydrogen-bond donors (Lipinski definition) is 1. The zero-order valence-electron chi connectivity index (χ0n) is 7.05. The summed E-state index contributed by atoms with van der Waals surface area (Å²) in [4.78, 5) is 2.77. The van der Waals surface area contributed by atoms with E-state index in [1.54, 1.807) is 0 Å². The van der Waals surface area contributed by atoms with Gasteiger partial charge in [0.25, 0.3) is 0 Å². The van der Waals surface area contributed by atoms with E-state index < -0.39 is 0 Å². The molecule has 0 saturated heterocycles. The fourth-order valence-electron chi connectivity index (χ4n) is 1.20. The van der Waals surface area contributed by atoms with Gasteiger partial charge in [0.15, 0.2) is 0 Å². The minimum atomic E-state index is 0.300. The fourth-order valence-corrected chi connectivity index (χ4v) is 2.18. The summed E-state index contributed by atoms with van der Waals surface area (Å²) in [5, 5.41) is 8.63. The topological polar surface area (TPSA) is 20.2 Å². The summed E-state index contributed by atoms with van der Waals surface area (Å²) in [7, 11) is 0. The second kappa shape index (κ2) is 3.88. The Kier molecular flexibility index (Phi) is 3.09. The quantitative estimate of drug-likeness (QED) is 0.738. The Morgan fingerprint density at radius 1 is 1.45 bits per heavy atom. The molecule has 1 rings (SSSR count). The van der Waals surface area contributed by atoms with Crippen molar-refractivity contribution in [1.82, 2.24) is 0 Å². The van der Waals surface area contributed by atoms with Crippen LogP contribution in [0.1, 0.15) is 21.7 Å². The third-order valence-corrected chi connectivity index (χ3v) is 2.76. The molecule has 0 aliphatic heterocycles. The summed E-state index contributed by atoms with van der Waals surface area (Å²) in [6.45, 7) is 4.57. The lowest BCUT2D eigenvalue weighted by molar-refractivity contribution is 0.288. The molecule has 1 aromatic heterocycles. The normalized spacial score (nSPS) is 10.5. The number of thiophene rings is 1. The van der Waals surface area contributed by atoms with Crippen molar-refractivity contribution in [1.29, 1.82) is 0 Å². The van der Waals surface area contributed by atoms with Gasteiger partial charge in [0.2, 0.25) is 0 Å². The van der Waals surface area contributed by atoms with Crippen molar-refractivity contribution >= 4 is 11.3 Å². The number of rotatable bonds is 3. The van der Waals surface area contributed by atoms with Crippen LogP contribution in [0, 0.1) is 13.8 Å². The lowest BCUT2D eigenvalue weighted by Crippen LogP contribution is -1.88. The van der Waals surface area contributed by atoms with E-state index in [0.717, 1.165) is 12.8 Å². The molecule has 11 heavy (non-hydrogen) atoms. The maximum absolute atomic E-state index is 8.63. The molecule has 0 aromatic carbocycles. The Labute approximate surface area is 71.7 Å². The molecule has 0 aliphatic carbocycles. The van der Waals surface area contributed by atoms with E-state index >= 15 is 0 Å². The first-order valence-electron chi connectivity index (χ1n) is 3.91. The van der Waals surface area contributed by atoms with Gasteiger partial charge < -0.3 is 5.11 Å². The second-order valence-corrected chi connectivity index (χ2v) is 4.23. The molecule has 0 unspecified atom stereocenters. The zero-order chi connectivity index (χ0) is 8.27. The van der Waals surface area contributed by atoms with Crippen molar-refractivity contribution in [3.63, 3.8) is 0 Å². The second-order valence-electron chi connectivity index (χ2n) is 2.77. The first kappa shape index (κ1) is 8.75. The van der Waals surface area contributed by atoms with Gasteiger partial charge in [0.05, 0.1) is 0 Å². The van der Waals surface area contributed by atoms with Crippen molar-refractivity contribution in [2.24, 2.45) is 0 Å². The van der Waals surface area contributed by atoms with Crippen molar-refractivity contribution in [3.05, 3.63) is 21.4 Å². The highest BCUT2D eigenvalue weighted by Gasteiger charge is 2.00. The van der Waals surface area contributed by atoms with Crippen LogP contribution < -0.4 is 0 Å². The van der Waals surface area contributed by atoms with Crippen LogP contribution in [0.15, 0.2) is 6.07 Å². The van der Waals surface area contributed by atoms with Crippen LogP contribution >= 0.6 is 11.3 Å². The summed E-state index contributed by atoms with van der Waals surface area (Å²) in [6, 6.07) is 2.22. The molecule has 1 N–H and O–H groups in total. The molecule has 62 valence electrons. The molecule has 0 atom stereocenters. The van der Waals surface area contributed by atoms with Crippen LogP contribution in [0.4, 0.5) is 0 Å². The number of aliphatic hydroxyl groups excluding tert-OH is 1. The first-order chi connectivity index (χ1) is 5.24. The lowest BCUT2D eigenvalue weighted by Gasteiger charge is -1.95. The van der Waals surface area contributed by atoms with Crippen LogP contribution in [0.2, 0.25) is 0 Å². The molecule has 1 aromatic rings. The van der Waals surface area contributed by atoms with E-state index in [2.05, 4.69) is 19.9 Å². The Morgan fingerprint density at radius 2 is 2.18 bits per heavy atom. The predicted molar refractivity (Wildman–Crippen MR) is 49.2 cm³/mol. The van der Waals surface area contributed by atoms with Crippen molar-refractivity contribution in [2.75, 3.05) is 6.61 Å². The van der Waals surface area contributed by atoms with Gasteiger partial charge in [-0.3, -0.25) is 0 Å². The molecule has 2 heteroatoms. The highest BCUT2D eigenvalue weighted by atomic mass is 32.1. The Hall–Kier alpha value is -0.340. The summed E-state index contributed by atoms with van der Waals surface area (Å²) in [5.41, 5.74) is 1.40. The van der Waals surface area contributed by atoms with Gasteiger partial charge in [0.1, 0.15) is 0 Å². The summed E-state index contributed by atoms with van der Waals surface area (Å²) in [6.07, 6.45) is 1.91. The molecule has 0 radical (unpaired) electrons. The molecular formula is C9H14OS. The number of hydrogen-bond acceptors (Lipinski definition) is 2. The van der Waals surface area contributed by atoms with Crippen LogP contribution in [0.5, 0.6) is 0 Å². The number of aliphatic hydroxyl groups is 1. The van der Waals surface area contributed by atoms with Crippen LogP contribution in [0.3, 0.4) is 0 Å². The van der Waals surface area contributed by atoms with Gasteiger partial charge in [-0.2, -0.15) is 0 Å². The minimum absolute atomic E-state index is 0.300. The van der Waals surface area contributed by atoms with Gasteiger partial charge in [-0.15, -0.1) is 11.3 Å². The fraction of sp³-hybridized carbons (Fsp3) is 0.556. The molecule has 0 saturated carbocycles. The Morgan fingerprint density at radius 3 is 2.64 bits per heavy atom. The van der Waals surface area contributed by atoms with E-state index in [1.807, 2.05) is 11.3 Å². The van der Waals surface area contributed by atoms with E-state index in [-0.39, 0.29) is 0 Å². The maximum atomic E-state index is 8.63. The van der Waals surface area contributed by atoms with E-state index in [4.69, 9.17) is 5.11 Å². The monoisotopic (exact) mass is 170 g/mol. The zero-order valence-corrected chi connectivity index (χ0v) is 7.87. The molecule has 0 bridgehead atoms. The van der Waals surface area contributed by atoms with Gasteiger partial charge in [-0.1, -0.05) is 0 Å². The summed E-state index contributed by atoms with van der Waals surface area (Å²) >= 11 is 1.84. The van der Waals surface area contributed by atoms with Gasteiger partial charge in [-0.05, 0) is 38.3 Å². The van der Waals surface area contributed by atoms with E-state index in [9.17, 15) is 0 Å². The largest absolute Gasteiger partial charge is 0.396 e. The molecule has 0 fully saturated rings. The average molecular weight is 170 g/mol. The van der Waals surface area contributed by atoms with Gasteiger partial charge >= 0.3 is 0 Å². The Balaban J connectivity index is 2.62.